The topological polar surface area (TPSA) is 66.4 Å². The molecule has 1 atom stereocenters. The van der Waals surface area contributed by atoms with E-state index in [1.807, 2.05) is 4.90 Å². The summed E-state index contributed by atoms with van der Waals surface area (Å²) in [4.78, 5) is 33.6. The van der Waals surface area contributed by atoms with Gasteiger partial charge in [0, 0.05) is 45.0 Å². The number of piperazine rings is 1. The number of rotatable bonds is 6. The molecule has 9 heteroatoms. The average Bonchev–Trinajstić information content (AvgIpc) is 2.55. The lowest BCUT2D eigenvalue weighted by molar-refractivity contribution is -0.138. The third-order valence-corrected chi connectivity index (χ3v) is 3.98. The predicted molar refractivity (Wildman–Crippen MR) is 80.6 cm³/mol. The summed E-state index contributed by atoms with van der Waals surface area (Å²) in [5, 5.41) is 0. The molecule has 1 fully saturated rings. The smallest absolute Gasteiger partial charge is 0.338 e. The summed E-state index contributed by atoms with van der Waals surface area (Å²) in [5.74, 6) is 0.285. The highest BCUT2D eigenvalue weighted by Gasteiger charge is 2.32. The molecule has 0 spiro atoms. The molecule has 0 aliphatic carbocycles. The van der Waals surface area contributed by atoms with E-state index in [-0.39, 0.29) is 17.8 Å². The lowest BCUT2D eigenvalue weighted by atomic mass is 10.1. The van der Waals surface area contributed by atoms with Gasteiger partial charge in [0.25, 0.3) is 0 Å². The van der Waals surface area contributed by atoms with Crippen molar-refractivity contribution in [1.82, 2.24) is 14.9 Å². The number of alkyl halides is 3. The van der Waals surface area contributed by atoms with E-state index < -0.39 is 11.7 Å². The van der Waals surface area contributed by atoms with E-state index in [9.17, 15) is 22.8 Å². The van der Waals surface area contributed by atoms with E-state index >= 15 is 0 Å². The molecule has 0 radical (unpaired) electrons. The maximum absolute atomic E-state index is 12.5. The van der Waals surface area contributed by atoms with Crippen molar-refractivity contribution in [3.63, 3.8) is 0 Å². The Hall–Kier alpha value is -2.03. The Balaban J connectivity index is 1.92. The van der Waals surface area contributed by atoms with Gasteiger partial charge in [0.05, 0.1) is 11.6 Å². The number of ketones is 1. The Bertz CT molecular complexity index is 569. The fraction of sp³-hybridized carbons (Fsp3) is 0.600. The minimum atomic E-state index is -4.45. The molecule has 0 aromatic carbocycles. The van der Waals surface area contributed by atoms with E-state index in [0.29, 0.717) is 39.0 Å². The number of anilines is 1. The summed E-state index contributed by atoms with van der Waals surface area (Å²) in [7, 11) is 0. The van der Waals surface area contributed by atoms with Crippen LogP contribution in [-0.2, 0) is 15.8 Å². The molecule has 1 aliphatic heterocycles. The second-order valence-corrected chi connectivity index (χ2v) is 5.74. The molecule has 0 amide bonds. The molecule has 132 valence electrons. The highest BCUT2D eigenvalue weighted by Crippen LogP contribution is 2.28. The average molecular weight is 344 g/mol. The van der Waals surface area contributed by atoms with Gasteiger partial charge in [0.1, 0.15) is 12.1 Å². The van der Waals surface area contributed by atoms with E-state index in [1.165, 1.54) is 6.92 Å². The van der Waals surface area contributed by atoms with Crippen molar-refractivity contribution < 1.29 is 22.8 Å². The van der Waals surface area contributed by atoms with Crippen LogP contribution in [0, 0.1) is 0 Å². The first-order valence-corrected chi connectivity index (χ1v) is 7.64. The molecule has 24 heavy (non-hydrogen) atoms. The Morgan fingerprint density at radius 1 is 1.25 bits per heavy atom. The van der Waals surface area contributed by atoms with Gasteiger partial charge in [-0.2, -0.15) is 13.2 Å². The molecular weight excluding hydrogens is 325 g/mol. The van der Waals surface area contributed by atoms with Gasteiger partial charge in [-0.05, 0) is 13.3 Å². The van der Waals surface area contributed by atoms with Gasteiger partial charge in [-0.3, -0.25) is 4.90 Å². The van der Waals surface area contributed by atoms with Crippen LogP contribution >= 0.6 is 0 Å². The fourth-order valence-corrected chi connectivity index (χ4v) is 2.57. The van der Waals surface area contributed by atoms with Crippen LogP contribution in [0.15, 0.2) is 12.4 Å². The summed E-state index contributed by atoms with van der Waals surface area (Å²) in [6, 6.07) is -0.315. The molecule has 2 rings (SSSR count). The SMILES string of the molecule is CC(=O)CCC(C=O)N1CCN(c2ncc(C(F)(F)F)cn2)CC1. The van der Waals surface area contributed by atoms with Crippen LogP contribution in [0.2, 0.25) is 0 Å². The summed E-state index contributed by atoms with van der Waals surface area (Å²) in [5.41, 5.74) is -0.880. The molecule has 1 unspecified atom stereocenters. The molecular formula is C15H19F3N4O2. The van der Waals surface area contributed by atoms with Gasteiger partial charge in [0.2, 0.25) is 5.95 Å². The highest BCUT2D eigenvalue weighted by molar-refractivity contribution is 5.76. The minimum Gasteiger partial charge on any atom is -0.338 e. The Morgan fingerprint density at radius 3 is 2.29 bits per heavy atom. The van der Waals surface area contributed by atoms with Crippen LogP contribution < -0.4 is 4.90 Å². The lowest BCUT2D eigenvalue weighted by Gasteiger charge is -2.37. The molecule has 0 bridgehead atoms. The number of aromatic nitrogens is 2. The predicted octanol–water partition coefficient (Wildman–Crippen LogP) is 1.55. The highest BCUT2D eigenvalue weighted by atomic mass is 19.4. The van der Waals surface area contributed by atoms with E-state index in [4.69, 9.17) is 0 Å². The zero-order valence-corrected chi connectivity index (χ0v) is 13.3. The van der Waals surface area contributed by atoms with E-state index in [2.05, 4.69) is 9.97 Å². The van der Waals surface area contributed by atoms with Gasteiger partial charge in [-0.15, -0.1) is 0 Å². The zero-order valence-electron chi connectivity index (χ0n) is 13.3. The van der Waals surface area contributed by atoms with Crippen molar-refractivity contribution in [3.8, 4) is 0 Å². The third kappa shape index (κ3) is 4.73. The minimum absolute atomic E-state index is 0.0404. The van der Waals surface area contributed by atoms with Crippen LogP contribution in [0.3, 0.4) is 0 Å². The van der Waals surface area contributed by atoms with Crippen molar-refractivity contribution >= 4 is 18.0 Å². The van der Waals surface area contributed by atoms with Gasteiger partial charge in [-0.1, -0.05) is 0 Å². The molecule has 1 aliphatic rings. The van der Waals surface area contributed by atoms with Crippen LogP contribution in [0.5, 0.6) is 0 Å². The molecule has 0 saturated carbocycles. The fourth-order valence-electron chi connectivity index (χ4n) is 2.57. The van der Waals surface area contributed by atoms with Crippen molar-refractivity contribution in [3.05, 3.63) is 18.0 Å². The number of hydrogen-bond acceptors (Lipinski definition) is 6. The second kappa shape index (κ2) is 7.69. The van der Waals surface area contributed by atoms with Gasteiger partial charge in [-0.25, -0.2) is 9.97 Å². The summed E-state index contributed by atoms with van der Waals surface area (Å²) >= 11 is 0. The first-order chi connectivity index (χ1) is 11.3. The largest absolute Gasteiger partial charge is 0.419 e. The number of aldehydes is 1. The van der Waals surface area contributed by atoms with Crippen molar-refractivity contribution in [2.24, 2.45) is 0 Å². The normalized spacial score (nSPS) is 17.6. The third-order valence-electron chi connectivity index (χ3n) is 3.98. The molecule has 1 saturated heterocycles. The molecule has 2 heterocycles. The number of hydrogen-bond donors (Lipinski definition) is 0. The Labute approximate surface area is 137 Å². The van der Waals surface area contributed by atoms with Crippen LogP contribution in [-0.4, -0.2) is 59.2 Å². The van der Waals surface area contributed by atoms with E-state index in [0.717, 1.165) is 18.7 Å². The molecule has 1 aromatic rings. The van der Waals surface area contributed by atoms with E-state index in [1.54, 1.807) is 4.90 Å². The first kappa shape index (κ1) is 18.3. The van der Waals surface area contributed by atoms with Crippen molar-refractivity contribution in [2.45, 2.75) is 32.0 Å². The Morgan fingerprint density at radius 2 is 1.83 bits per heavy atom. The maximum atomic E-state index is 12.5. The Kier molecular flexibility index (Phi) is 5.87. The standard InChI is InChI=1S/C15H19F3N4O2/c1-11(24)2-3-13(10-23)21-4-6-22(7-5-21)14-19-8-12(9-20-14)15(16,17)18/h8-10,13H,2-7H2,1H3. The lowest BCUT2D eigenvalue weighted by Crippen LogP contribution is -2.51. The maximum Gasteiger partial charge on any atom is 0.419 e. The second-order valence-electron chi connectivity index (χ2n) is 5.74. The van der Waals surface area contributed by atoms with Crippen LogP contribution in [0.4, 0.5) is 19.1 Å². The number of carbonyl (C=O) groups is 2. The number of Topliss-reactive ketones (excluding diaryl/α,β-unsaturated/α-hetero) is 1. The quantitative estimate of drug-likeness (QED) is 0.730. The monoisotopic (exact) mass is 344 g/mol. The number of nitrogens with zero attached hydrogens (tertiary/aromatic N) is 4. The summed E-state index contributed by atoms with van der Waals surface area (Å²) < 4.78 is 37.5. The summed E-state index contributed by atoms with van der Waals surface area (Å²) in [6.07, 6.45) is -1.23. The number of carbonyl (C=O) groups excluding carboxylic acids is 2. The van der Waals surface area contributed by atoms with Crippen LogP contribution in [0.1, 0.15) is 25.3 Å². The summed E-state index contributed by atoms with van der Waals surface area (Å²) in [6.45, 7) is 3.63. The zero-order chi connectivity index (χ0) is 17.7. The van der Waals surface area contributed by atoms with Gasteiger partial charge >= 0.3 is 6.18 Å². The number of halogens is 3. The van der Waals surface area contributed by atoms with Gasteiger partial charge < -0.3 is 14.5 Å². The van der Waals surface area contributed by atoms with Crippen molar-refractivity contribution in [1.29, 1.82) is 0 Å². The van der Waals surface area contributed by atoms with Crippen molar-refractivity contribution in [2.75, 3.05) is 31.1 Å². The molecule has 6 nitrogen and oxygen atoms in total. The van der Waals surface area contributed by atoms with Gasteiger partial charge in [0.15, 0.2) is 0 Å². The first-order valence-electron chi connectivity index (χ1n) is 7.64. The molecule has 0 N–H and O–H groups in total. The molecule has 1 aromatic heterocycles. The van der Waals surface area contributed by atoms with Crippen LogP contribution in [0.25, 0.3) is 0 Å².